The van der Waals surface area contributed by atoms with Crippen molar-refractivity contribution in [3.63, 3.8) is 0 Å². The molecule has 1 aromatic heterocycles. The van der Waals surface area contributed by atoms with Gasteiger partial charge < -0.3 is 0 Å². The summed E-state index contributed by atoms with van der Waals surface area (Å²) in [4.78, 5) is 0. The number of halogens is 1. The number of aromatic nitrogens is 4. The van der Waals surface area contributed by atoms with E-state index in [1.807, 2.05) is 6.92 Å². The van der Waals surface area contributed by atoms with Gasteiger partial charge in [0.1, 0.15) is 6.33 Å². The number of hydrogen-bond donors (Lipinski definition) is 1. The van der Waals surface area contributed by atoms with Gasteiger partial charge in [-0.2, -0.15) is 0 Å². The zero-order chi connectivity index (χ0) is 14.6. The molecule has 0 aliphatic heterocycles. The van der Waals surface area contributed by atoms with Crippen molar-refractivity contribution in [2.75, 3.05) is 16.4 Å². The second kappa shape index (κ2) is 6.19. The summed E-state index contributed by atoms with van der Waals surface area (Å²) in [5.74, 6) is 0.301. The van der Waals surface area contributed by atoms with Gasteiger partial charge in [0.25, 0.3) is 0 Å². The Morgan fingerprint density at radius 1 is 1.40 bits per heavy atom. The van der Waals surface area contributed by atoms with Crippen LogP contribution in [0, 0.1) is 6.92 Å². The maximum atomic E-state index is 11.8. The molecule has 20 heavy (non-hydrogen) atoms. The average Bonchev–Trinajstić information content (AvgIpc) is 2.92. The van der Waals surface area contributed by atoms with E-state index in [1.54, 1.807) is 18.2 Å². The number of aryl methyl sites for hydroxylation is 1. The molecule has 0 bridgehead atoms. The molecular formula is C11H14ClN5O2S. The first-order chi connectivity index (χ1) is 9.52. The highest BCUT2D eigenvalue weighted by Crippen LogP contribution is 2.19. The van der Waals surface area contributed by atoms with Crippen LogP contribution in [0.4, 0.5) is 5.69 Å². The van der Waals surface area contributed by atoms with Crippen LogP contribution in [0.15, 0.2) is 24.5 Å². The molecule has 0 aliphatic carbocycles. The highest BCUT2D eigenvalue weighted by molar-refractivity contribution is 7.92. The second-order valence-corrected chi connectivity index (χ2v) is 6.44. The minimum atomic E-state index is -3.39. The van der Waals surface area contributed by atoms with Crippen LogP contribution in [-0.2, 0) is 10.0 Å². The molecule has 1 N–H and O–H groups in total. The fourth-order valence-corrected chi connectivity index (χ4v) is 3.07. The number of nitrogens with one attached hydrogen (secondary N) is 1. The highest BCUT2D eigenvalue weighted by atomic mass is 35.5. The van der Waals surface area contributed by atoms with E-state index in [2.05, 4.69) is 20.2 Å². The van der Waals surface area contributed by atoms with E-state index < -0.39 is 10.0 Å². The van der Waals surface area contributed by atoms with Gasteiger partial charge in [0, 0.05) is 5.88 Å². The summed E-state index contributed by atoms with van der Waals surface area (Å²) < 4.78 is 27.6. The fraction of sp³-hybridized carbons (Fsp3) is 0.364. The van der Waals surface area contributed by atoms with Gasteiger partial charge in [-0.25, -0.2) is 13.1 Å². The van der Waals surface area contributed by atoms with Gasteiger partial charge >= 0.3 is 0 Å². The van der Waals surface area contributed by atoms with Gasteiger partial charge in [-0.3, -0.25) is 4.72 Å². The van der Waals surface area contributed by atoms with Crippen molar-refractivity contribution in [1.29, 1.82) is 0 Å². The number of sulfonamides is 1. The third-order valence-electron chi connectivity index (χ3n) is 2.63. The van der Waals surface area contributed by atoms with Crippen LogP contribution in [0.3, 0.4) is 0 Å². The van der Waals surface area contributed by atoms with Gasteiger partial charge in [0.2, 0.25) is 10.0 Å². The molecule has 0 saturated carbocycles. The molecule has 108 valence electrons. The summed E-state index contributed by atoms with van der Waals surface area (Å²) in [6.07, 6.45) is 1.86. The lowest BCUT2D eigenvalue weighted by Gasteiger charge is -2.10. The quantitative estimate of drug-likeness (QED) is 0.812. The van der Waals surface area contributed by atoms with Crippen LogP contribution in [0.5, 0.6) is 0 Å². The smallest absolute Gasteiger partial charge is 0.232 e. The lowest BCUT2D eigenvalue weighted by molar-refractivity contribution is 0.600. The van der Waals surface area contributed by atoms with Crippen molar-refractivity contribution in [2.45, 2.75) is 13.3 Å². The van der Waals surface area contributed by atoms with E-state index in [0.717, 1.165) is 5.56 Å². The Labute approximate surface area is 122 Å². The zero-order valence-electron chi connectivity index (χ0n) is 10.8. The first-order valence-electron chi connectivity index (χ1n) is 5.92. The lowest BCUT2D eigenvalue weighted by atomic mass is 10.2. The van der Waals surface area contributed by atoms with Gasteiger partial charge in [-0.15, -0.1) is 16.7 Å². The van der Waals surface area contributed by atoms with Crippen molar-refractivity contribution in [3.05, 3.63) is 30.1 Å². The predicted molar refractivity (Wildman–Crippen MR) is 76.6 cm³/mol. The van der Waals surface area contributed by atoms with Crippen molar-refractivity contribution >= 4 is 27.3 Å². The van der Waals surface area contributed by atoms with Crippen molar-refractivity contribution in [2.24, 2.45) is 0 Å². The van der Waals surface area contributed by atoms with Crippen molar-refractivity contribution < 1.29 is 8.42 Å². The Morgan fingerprint density at radius 3 is 2.85 bits per heavy atom. The third-order valence-corrected chi connectivity index (χ3v) is 4.27. The molecule has 0 unspecified atom stereocenters. The van der Waals surface area contributed by atoms with Crippen LogP contribution in [-0.4, -0.2) is 40.3 Å². The summed E-state index contributed by atoms with van der Waals surface area (Å²) in [5, 5.41) is 10.9. The van der Waals surface area contributed by atoms with E-state index in [4.69, 9.17) is 11.6 Å². The highest BCUT2D eigenvalue weighted by Gasteiger charge is 2.11. The minimum absolute atomic E-state index is 0.00933. The molecule has 0 amide bonds. The molecule has 7 nitrogen and oxygen atoms in total. The number of alkyl halides is 1. The van der Waals surface area contributed by atoms with Crippen LogP contribution in [0.25, 0.3) is 5.69 Å². The largest absolute Gasteiger partial charge is 0.283 e. The second-order valence-electron chi connectivity index (χ2n) is 4.22. The third kappa shape index (κ3) is 3.67. The Kier molecular flexibility index (Phi) is 4.56. The maximum absolute atomic E-state index is 11.8. The average molecular weight is 316 g/mol. The molecule has 0 aliphatic rings. The SMILES string of the molecule is Cc1ccc(NS(=O)(=O)CCCCl)cc1-n1cnnn1. The van der Waals surface area contributed by atoms with Gasteiger partial charge in [0.05, 0.1) is 17.1 Å². The summed E-state index contributed by atoms with van der Waals surface area (Å²) in [5.41, 5.74) is 2.12. The van der Waals surface area contributed by atoms with E-state index in [9.17, 15) is 8.42 Å². The molecular weight excluding hydrogens is 302 g/mol. The fourth-order valence-electron chi connectivity index (χ4n) is 1.67. The molecule has 0 radical (unpaired) electrons. The summed E-state index contributed by atoms with van der Waals surface area (Å²) in [7, 11) is -3.39. The van der Waals surface area contributed by atoms with Crippen LogP contribution in [0.1, 0.15) is 12.0 Å². The van der Waals surface area contributed by atoms with Gasteiger partial charge in [0.15, 0.2) is 0 Å². The van der Waals surface area contributed by atoms with E-state index in [1.165, 1.54) is 11.0 Å². The number of rotatable bonds is 6. The van der Waals surface area contributed by atoms with E-state index in [0.29, 0.717) is 23.7 Å². The Bertz CT molecular complexity index is 672. The maximum Gasteiger partial charge on any atom is 0.232 e. The number of benzene rings is 1. The number of anilines is 1. The predicted octanol–water partition coefficient (Wildman–Crippen LogP) is 1.34. The van der Waals surface area contributed by atoms with E-state index >= 15 is 0 Å². The van der Waals surface area contributed by atoms with Gasteiger partial charge in [-0.05, 0) is 41.5 Å². The van der Waals surface area contributed by atoms with Crippen LogP contribution < -0.4 is 4.72 Å². The molecule has 0 fully saturated rings. The summed E-state index contributed by atoms with van der Waals surface area (Å²) >= 11 is 5.51. The van der Waals surface area contributed by atoms with Gasteiger partial charge in [-0.1, -0.05) is 6.07 Å². The minimum Gasteiger partial charge on any atom is -0.283 e. The Morgan fingerprint density at radius 2 is 2.20 bits per heavy atom. The zero-order valence-corrected chi connectivity index (χ0v) is 12.4. The number of tetrazole rings is 1. The molecule has 2 rings (SSSR count). The van der Waals surface area contributed by atoms with E-state index in [-0.39, 0.29) is 5.75 Å². The molecule has 9 heteroatoms. The monoisotopic (exact) mass is 315 g/mol. The van der Waals surface area contributed by atoms with Crippen molar-refractivity contribution in [3.8, 4) is 5.69 Å². The number of hydrogen-bond acceptors (Lipinski definition) is 5. The van der Waals surface area contributed by atoms with Crippen LogP contribution in [0.2, 0.25) is 0 Å². The molecule has 1 heterocycles. The Balaban J connectivity index is 2.24. The molecule has 2 aromatic rings. The lowest BCUT2D eigenvalue weighted by Crippen LogP contribution is -2.17. The molecule has 0 spiro atoms. The summed E-state index contributed by atoms with van der Waals surface area (Å²) in [6, 6.07) is 5.18. The first-order valence-corrected chi connectivity index (χ1v) is 8.11. The normalized spacial score (nSPS) is 11.5. The first kappa shape index (κ1) is 14.7. The molecule has 1 aromatic carbocycles. The van der Waals surface area contributed by atoms with Crippen molar-refractivity contribution in [1.82, 2.24) is 20.2 Å². The Hall–Kier alpha value is -1.67. The van der Waals surface area contributed by atoms with Crippen LogP contribution >= 0.6 is 11.6 Å². The summed E-state index contributed by atoms with van der Waals surface area (Å²) in [6.45, 7) is 1.89. The topological polar surface area (TPSA) is 89.8 Å². The molecule has 0 saturated heterocycles. The number of nitrogens with zero attached hydrogens (tertiary/aromatic N) is 4. The molecule has 0 atom stereocenters. The standard InChI is InChI=1S/C11H14ClN5O2S/c1-9-3-4-10(14-20(18,19)6-2-5-12)7-11(9)17-8-13-15-16-17/h3-4,7-8,14H,2,5-6H2,1H3.